The Kier molecular flexibility index (Phi) is 6.18. The zero-order chi connectivity index (χ0) is 21.0. The molecule has 0 bridgehead atoms. The van der Waals surface area contributed by atoms with Crippen LogP contribution < -0.4 is 4.90 Å². The van der Waals surface area contributed by atoms with Gasteiger partial charge in [-0.15, -0.1) is 5.11 Å². The normalized spacial score (nSPS) is 17.7. The maximum absolute atomic E-state index is 12.7. The number of anilines is 1. The molecule has 0 radical (unpaired) electrons. The zero-order valence-electron chi connectivity index (χ0n) is 15.5. The highest BCUT2D eigenvalue weighted by Crippen LogP contribution is 2.31. The number of nitrogens with zero attached hydrogens (tertiary/aromatic N) is 3. The Bertz CT molecular complexity index is 993. The number of rotatable bonds is 5. The molecule has 0 saturated carbocycles. The van der Waals surface area contributed by atoms with Crippen molar-refractivity contribution in [2.75, 3.05) is 4.90 Å². The summed E-state index contributed by atoms with van der Waals surface area (Å²) < 4.78 is 0. The number of thioether (sulfide) groups is 1. The monoisotopic (exact) mass is 410 g/mol. The van der Waals surface area contributed by atoms with E-state index in [0.29, 0.717) is 0 Å². The first-order valence-electron chi connectivity index (χ1n) is 8.78. The van der Waals surface area contributed by atoms with E-state index in [9.17, 15) is 14.4 Å². The molecule has 0 aromatic heterocycles. The van der Waals surface area contributed by atoms with E-state index in [1.165, 1.54) is 24.3 Å². The van der Waals surface area contributed by atoms with Gasteiger partial charge in [-0.25, -0.2) is 9.69 Å². The number of azo groups is 1. The lowest BCUT2D eigenvalue weighted by Crippen LogP contribution is -2.31. The fourth-order valence-corrected chi connectivity index (χ4v) is 3.64. The van der Waals surface area contributed by atoms with E-state index in [1.807, 2.05) is 37.3 Å². The molecule has 1 fully saturated rings. The van der Waals surface area contributed by atoms with Crippen LogP contribution in [0.15, 0.2) is 64.8 Å². The average Bonchev–Trinajstić information content (AvgIpc) is 2.99. The van der Waals surface area contributed by atoms with E-state index in [4.69, 9.17) is 10.5 Å². The van der Waals surface area contributed by atoms with Crippen LogP contribution >= 0.6 is 11.8 Å². The summed E-state index contributed by atoms with van der Waals surface area (Å²) in [7, 11) is 0. The Hall–Kier alpha value is -3.33. The van der Waals surface area contributed by atoms with Crippen LogP contribution in [0.5, 0.6) is 0 Å². The second-order valence-corrected chi connectivity index (χ2v) is 7.53. The molecule has 0 aliphatic carbocycles. The minimum atomic E-state index is -1.15. The molecule has 1 aliphatic heterocycles. The highest BCUT2D eigenvalue weighted by molar-refractivity contribution is 8.14. The van der Waals surface area contributed by atoms with Gasteiger partial charge >= 0.3 is 5.97 Å². The second kappa shape index (κ2) is 8.78. The Labute approximate surface area is 171 Å². The fraction of sp³-hybridized carbons (Fsp3) is 0.200. The Morgan fingerprint density at radius 3 is 2.62 bits per heavy atom. The van der Waals surface area contributed by atoms with Crippen molar-refractivity contribution < 1.29 is 19.5 Å². The smallest absolute Gasteiger partial charge is 0.335 e. The van der Waals surface area contributed by atoms with E-state index in [2.05, 4.69) is 10.2 Å². The minimum absolute atomic E-state index is 0.0179. The molecule has 2 aromatic rings. The molecule has 29 heavy (non-hydrogen) atoms. The first-order chi connectivity index (χ1) is 13.9. The molecule has 2 atom stereocenters. The molecule has 8 nitrogen and oxygen atoms in total. The summed E-state index contributed by atoms with van der Waals surface area (Å²) in [5.41, 5.74) is 1.13. The van der Waals surface area contributed by atoms with Crippen LogP contribution in [0.1, 0.15) is 35.3 Å². The summed E-state index contributed by atoms with van der Waals surface area (Å²) in [6.45, 7) is 1.85. The summed E-state index contributed by atoms with van der Waals surface area (Å²) in [5.74, 6) is -2.09. The summed E-state index contributed by atoms with van der Waals surface area (Å²) in [5, 5.41) is 24.1. The minimum Gasteiger partial charge on any atom is -0.478 e. The molecule has 2 aromatic carbocycles. The van der Waals surface area contributed by atoms with Crippen molar-refractivity contribution in [3.8, 4) is 0 Å². The SMILES string of the molecule is C[C@@H](N=NC(=N)S[C@@H]1CC(=O)N(c2cccc(C(=O)O)c2)C1=O)c1ccccc1. The van der Waals surface area contributed by atoms with Gasteiger partial charge in [-0.3, -0.25) is 15.0 Å². The van der Waals surface area contributed by atoms with Gasteiger partial charge in [-0.05, 0) is 30.7 Å². The van der Waals surface area contributed by atoms with Gasteiger partial charge in [0, 0.05) is 6.42 Å². The van der Waals surface area contributed by atoms with Crippen molar-refractivity contribution in [1.82, 2.24) is 0 Å². The highest BCUT2D eigenvalue weighted by atomic mass is 32.2. The first-order valence-corrected chi connectivity index (χ1v) is 9.66. The number of benzene rings is 2. The van der Waals surface area contributed by atoms with Crippen LogP contribution in [0.4, 0.5) is 5.69 Å². The molecule has 0 spiro atoms. The number of amidine groups is 1. The van der Waals surface area contributed by atoms with Crippen LogP contribution in [-0.4, -0.2) is 33.3 Å². The summed E-state index contributed by atoms with van der Waals surface area (Å²) in [6, 6.07) is 14.9. The number of amides is 2. The number of carbonyl (C=O) groups is 3. The Morgan fingerprint density at radius 2 is 1.93 bits per heavy atom. The van der Waals surface area contributed by atoms with Gasteiger partial charge < -0.3 is 5.11 Å². The lowest BCUT2D eigenvalue weighted by atomic mass is 10.1. The molecule has 1 aliphatic rings. The quantitative estimate of drug-likeness (QED) is 0.335. The molecular weight excluding hydrogens is 392 g/mol. The van der Waals surface area contributed by atoms with E-state index < -0.39 is 23.0 Å². The average molecular weight is 410 g/mol. The molecule has 3 rings (SSSR count). The maximum atomic E-state index is 12.7. The molecule has 0 unspecified atom stereocenters. The lowest BCUT2D eigenvalue weighted by molar-refractivity contribution is -0.121. The highest BCUT2D eigenvalue weighted by Gasteiger charge is 2.40. The van der Waals surface area contributed by atoms with Gasteiger partial charge in [-0.2, -0.15) is 5.11 Å². The molecule has 2 amide bonds. The molecule has 1 saturated heterocycles. The van der Waals surface area contributed by atoms with Gasteiger partial charge in [-0.1, -0.05) is 48.2 Å². The maximum Gasteiger partial charge on any atom is 0.335 e. The van der Waals surface area contributed by atoms with Gasteiger partial charge in [0.05, 0.1) is 17.3 Å². The number of hydrogen-bond acceptors (Lipinski definition) is 6. The third-order valence-electron chi connectivity index (χ3n) is 4.31. The molecule has 1 heterocycles. The van der Waals surface area contributed by atoms with Gasteiger partial charge in [0.15, 0.2) is 0 Å². The van der Waals surface area contributed by atoms with E-state index >= 15 is 0 Å². The van der Waals surface area contributed by atoms with Crippen molar-refractivity contribution in [3.05, 3.63) is 65.7 Å². The molecule has 2 N–H and O–H groups in total. The number of carboxylic acids is 1. The third-order valence-corrected chi connectivity index (χ3v) is 5.27. The van der Waals surface area contributed by atoms with Crippen LogP contribution in [0.2, 0.25) is 0 Å². The van der Waals surface area contributed by atoms with Crippen molar-refractivity contribution in [2.24, 2.45) is 10.2 Å². The zero-order valence-corrected chi connectivity index (χ0v) is 16.3. The van der Waals surface area contributed by atoms with Gasteiger partial charge in [0.1, 0.15) is 5.25 Å². The van der Waals surface area contributed by atoms with Gasteiger partial charge in [0.2, 0.25) is 17.0 Å². The number of carboxylic acid groups (broad SMARTS) is 1. The van der Waals surface area contributed by atoms with Crippen LogP contribution in [0.25, 0.3) is 0 Å². The number of nitrogens with one attached hydrogen (secondary N) is 1. The number of hydrogen-bond donors (Lipinski definition) is 2. The number of aromatic carboxylic acids is 1. The predicted octanol–water partition coefficient (Wildman–Crippen LogP) is 3.90. The van der Waals surface area contributed by atoms with Gasteiger partial charge in [0.25, 0.3) is 0 Å². The van der Waals surface area contributed by atoms with E-state index in [1.54, 1.807) is 0 Å². The molecular formula is C20H18N4O4S. The molecule has 9 heteroatoms. The van der Waals surface area contributed by atoms with Crippen LogP contribution in [0, 0.1) is 5.41 Å². The first kappa shape index (κ1) is 20.4. The standard InChI is InChI=1S/C20H18N4O4S/c1-12(13-6-3-2-4-7-13)22-23-20(21)29-16-11-17(25)24(18(16)26)15-9-5-8-14(10-15)19(27)28/h2-10,12,16,21H,11H2,1H3,(H,27,28)/t12-,16-/m1/s1. The lowest BCUT2D eigenvalue weighted by Gasteiger charge is -2.15. The Morgan fingerprint density at radius 1 is 1.21 bits per heavy atom. The third kappa shape index (κ3) is 4.75. The van der Waals surface area contributed by atoms with Crippen molar-refractivity contribution in [1.29, 1.82) is 5.41 Å². The summed E-state index contributed by atoms with van der Waals surface area (Å²) in [4.78, 5) is 37.1. The van der Waals surface area contributed by atoms with Crippen molar-refractivity contribution in [3.63, 3.8) is 0 Å². The molecule has 148 valence electrons. The van der Waals surface area contributed by atoms with Crippen molar-refractivity contribution >= 4 is 40.4 Å². The predicted molar refractivity (Wildman–Crippen MR) is 109 cm³/mol. The van der Waals surface area contributed by atoms with Crippen LogP contribution in [-0.2, 0) is 9.59 Å². The Balaban J connectivity index is 1.67. The number of imide groups is 1. The summed E-state index contributed by atoms with van der Waals surface area (Å²) in [6.07, 6.45) is -0.0903. The fourth-order valence-electron chi connectivity index (χ4n) is 2.84. The summed E-state index contributed by atoms with van der Waals surface area (Å²) >= 11 is 0.860. The number of carbonyl (C=O) groups excluding carboxylic acids is 2. The topological polar surface area (TPSA) is 123 Å². The largest absolute Gasteiger partial charge is 0.478 e. The van der Waals surface area contributed by atoms with Crippen molar-refractivity contribution in [2.45, 2.75) is 24.6 Å². The van der Waals surface area contributed by atoms with Crippen LogP contribution in [0.3, 0.4) is 0 Å². The van der Waals surface area contributed by atoms with E-state index in [-0.39, 0.29) is 28.9 Å². The second-order valence-electron chi connectivity index (χ2n) is 6.34. The van der Waals surface area contributed by atoms with E-state index in [0.717, 1.165) is 22.2 Å².